The quantitative estimate of drug-likeness (QED) is 0.152. The molecular formula is C67H43NO2. The van der Waals surface area contributed by atoms with Gasteiger partial charge in [-0.25, -0.2) is 0 Å². The Kier molecular flexibility index (Phi) is 9.11. The topological polar surface area (TPSA) is 29.5 Å². The fourth-order valence-electron chi connectivity index (χ4n) is 11.4. The van der Waals surface area contributed by atoms with Gasteiger partial charge in [-0.3, -0.25) is 0 Å². The first-order chi connectivity index (χ1) is 34.7. The van der Waals surface area contributed by atoms with Gasteiger partial charge in [0.1, 0.15) is 22.3 Å². The maximum Gasteiger partial charge on any atom is 0.143 e. The van der Waals surface area contributed by atoms with E-state index in [0.717, 1.165) is 88.8 Å². The third-order valence-electron chi connectivity index (χ3n) is 14.6. The minimum Gasteiger partial charge on any atom is -0.455 e. The lowest BCUT2D eigenvalue weighted by atomic mass is 9.67. The summed E-state index contributed by atoms with van der Waals surface area (Å²) in [5, 5.41) is 4.48. The van der Waals surface area contributed by atoms with E-state index < -0.39 is 5.41 Å². The van der Waals surface area contributed by atoms with Crippen LogP contribution in [-0.2, 0) is 5.41 Å². The van der Waals surface area contributed by atoms with E-state index in [1.165, 1.54) is 38.9 Å². The summed E-state index contributed by atoms with van der Waals surface area (Å²) in [7, 11) is 0. The molecule has 328 valence electrons. The maximum absolute atomic E-state index is 6.55. The van der Waals surface area contributed by atoms with Crippen molar-refractivity contribution in [1.82, 2.24) is 0 Å². The molecule has 0 saturated carbocycles. The van der Waals surface area contributed by atoms with Crippen molar-refractivity contribution in [2.24, 2.45) is 0 Å². The van der Waals surface area contributed by atoms with Crippen molar-refractivity contribution in [3.63, 3.8) is 0 Å². The van der Waals surface area contributed by atoms with Crippen LogP contribution in [0.1, 0.15) is 22.3 Å². The lowest BCUT2D eigenvalue weighted by Gasteiger charge is -2.33. The van der Waals surface area contributed by atoms with Crippen molar-refractivity contribution in [2.45, 2.75) is 5.41 Å². The molecule has 13 aromatic rings. The molecule has 0 bridgehead atoms. The number of anilines is 3. The molecule has 11 aromatic carbocycles. The van der Waals surface area contributed by atoms with E-state index in [4.69, 9.17) is 8.83 Å². The van der Waals surface area contributed by atoms with Crippen molar-refractivity contribution >= 4 is 60.9 Å². The van der Waals surface area contributed by atoms with E-state index in [-0.39, 0.29) is 0 Å². The Morgan fingerprint density at radius 2 is 0.743 bits per heavy atom. The zero-order valence-electron chi connectivity index (χ0n) is 38.1. The van der Waals surface area contributed by atoms with Gasteiger partial charge in [0.15, 0.2) is 0 Å². The van der Waals surface area contributed by atoms with Crippen molar-refractivity contribution in [3.05, 3.63) is 283 Å². The fourth-order valence-corrected chi connectivity index (χ4v) is 11.4. The Morgan fingerprint density at radius 3 is 1.37 bits per heavy atom. The minimum atomic E-state index is -0.435. The Bertz CT molecular complexity index is 4070. The van der Waals surface area contributed by atoms with Crippen molar-refractivity contribution in [2.75, 3.05) is 4.90 Å². The molecule has 3 heteroatoms. The molecule has 0 unspecified atom stereocenters. The Balaban J connectivity index is 0.884. The van der Waals surface area contributed by atoms with Gasteiger partial charge in [-0.2, -0.15) is 0 Å². The van der Waals surface area contributed by atoms with Crippen LogP contribution in [0.25, 0.3) is 88.4 Å². The highest BCUT2D eigenvalue weighted by atomic mass is 16.3. The summed E-state index contributed by atoms with van der Waals surface area (Å²) < 4.78 is 13.0. The van der Waals surface area contributed by atoms with Gasteiger partial charge in [0.2, 0.25) is 0 Å². The zero-order valence-corrected chi connectivity index (χ0v) is 38.1. The second kappa shape index (κ2) is 16.0. The molecule has 0 N–H and O–H groups in total. The molecule has 2 heterocycles. The van der Waals surface area contributed by atoms with Crippen LogP contribution in [0.15, 0.2) is 270 Å². The van der Waals surface area contributed by atoms with Crippen LogP contribution >= 0.6 is 0 Å². The predicted molar refractivity (Wildman–Crippen MR) is 289 cm³/mol. The molecule has 0 spiro atoms. The van der Waals surface area contributed by atoms with Gasteiger partial charge in [0.25, 0.3) is 0 Å². The number of rotatable bonds is 8. The van der Waals surface area contributed by atoms with Gasteiger partial charge in [-0.05, 0) is 110 Å². The normalized spacial score (nSPS) is 12.7. The summed E-state index contributed by atoms with van der Waals surface area (Å²) in [6, 6.07) is 94.1. The molecule has 70 heavy (non-hydrogen) atoms. The molecule has 0 radical (unpaired) electrons. The largest absolute Gasteiger partial charge is 0.455 e. The predicted octanol–water partition coefficient (Wildman–Crippen LogP) is 18.3. The number of para-hydroxylation sites is 4. The van der Waals surface area contributed by atoms with Gasteiger partial charge < -0.3 is 13.7 Å². The van der Waals surface area contributed by atoms with Crippen LogP contribution < -0.4 is 4.90 Å². The molecule has 0 saturated heterocycles. The Morgan fingerprint density at radius 1 is 0.271 bits per heavy atom. The van der Waals surface area contributed by atoms with Crippen LogP contribution in [-0.4, -0.2) is 0 Å². The lowest BCUT2D eigenvalue weighted by molar-refractivity contribution is 0.669. The second-order valence-corrected chi connectivity index (χ2v) is 18.3. The monoisotopic (exact) mass is 893 g/mol. The van der Waals surface area contributed by atoms with Crippen LogP contribution in [0, 0.1) is 0 Å². The number of benzene rings is 11. The molecule has 1 aliphatic rings. The summed E-state index contributed by atoms with van der Waals surface area (Å²) in [6.07, 6.45) is 0. The summed E-state index contributed by atoms with van der Waals surface area (Å²) in [6.45, 7) is 0. The first-order valence-electron chi connectivity index (χ1n) is 24.0. The van der Waals surface area contributed by atoms with E-state index >= 15 is 0 Å². The van der Waals surface area contributed by atoms with E-state index in [1.54, 1.807) is 0 Å². The van der Waals surface area contributed by atoms with Crippen LogP contribution in [0.2, 0.25) is 0 Å². The molecule has 14 rings (SSSR count). The first-order valence-corrected chi connectivity index (χ1v) is 24.0. The summed E-state index contributed by atoms with van der Waals surface area (Å²) in [5.74, 6) is 0. The summed E-state index contributed by atoms with van der Waals surface area (Å²) in [5.41, 5.74) is 20.6. The van der Waals surface area contributed by atoms with Gasteiger partial charge in [-0.1, -0.05) is 206 Å². The number of nitrogens with zero attached hydrogens (tertiary/aromatic N) is 1. The number of fused-ring (bicyclic) bond motifs is 9. The highest BCUT2D eigenvalue weighted by molar-refractivity contribution is 6.11. The smallest absolute Gasteiger partial charge is 0.143 e. The minimum absolute atomic E-state index is 0.435. The molecule has 0 fully saturated rings. The lowest BCUT2D eigenvalue weighted by Crippen LogP contribution is -2.28. The van der Waals surface area contributed by atoms with Gasteiger partial charge >= 0.3 is 0 Å². The Hall–Kier alpha value is -9.18. The summed E-state index contributed by atoms with van der Waals surface area (Å²) >= 11 is 0. The van der Waals surface area contributed by atoms with Crippen LogP contribution in [0.5, 0.6) is 0 Å². The Labute approximate surface area is 405 Å². The van der Waals surface area contributed by atoms with Crippen molar-refractivity contribution in [3.8, 4) is 44.5 Å². The number of hydrogen-bond acceptors (Lipinski definition) is 3. The van der Waals surface area contributed by atoms with E-state index in [1.807, 2.05) is 24.3 Å². The molecular weight excluding hydrogens is 851 g/mol. The average molecular weight is 894 g/mol. The highest BCUT2D eigenvalue weighted by Crippen LogP contribution is 2.57. The van der Waals surface area contributed by atoms with Crippen LogP contribution in [0.3, 0.4) is 0 Å². The molecule has 2 aromatic heterocycles. The molecule has 0 atom stereocenters. The molecule has 1 aliphatic carbocycles. The maximum atomic E-state index is 6.55. The standard InChI is InChI=1S/C67H43NO2/c1-3-17-48(18-4-1)67(49-19-5-2-6-20-49)61-29-10-7-22-55(61)60-43-46(36-41-62(60)67)44-32-37-50(38-33-44)68(51-39-34-45(35-40-51)53-25-14-27-58-56-23-8-11-30-63(56)69-65(53)58)52-21-13-16-47(42-52)54-26-15-28-59-57-24-9-12-31-64(57)70-66(54)59/h1-43H. The van der Waals surface area contributed by atoms with Gasteiger partial charge in [0.05, 0.1) is 5.41 Å². The fraction of sp³-hybridized carbons (Fsp3) is 0.0149. The molecule has 0 aliphatic heterocycles. The van der Waals surface area contributed by atoms with Gasteiger partial charge in [-0.15, -0.1) is 0 Å². The average Bonchev–Trinajstić information content (AvgIpc) is 4.11. The van der Waals surface area contributed by atoms with Crippen molar-refractivity contribution < 1.29 is 8.83 Å². The van der Waals surface area contributed by atoms with Crippen molar-refractivity contribution in [1.29, 1.82) is 0 Å². The highest BCUT2D eigenvalue weighted by Gasteiger charge is 2.46. The number of furan rings is 2. The SMILES string of the molecule is c1ccc(C2(c3ccccc3)c3ccccc3-c3cc(-c4ccc(N(c5ccc(-c6cccc7c6oc6ccccc67)cc5)c5cccc(-c6cccc7c6oc6ccccc67)c5)cc4)ccc32)cc1. The molecule has 3 nitrogen and oxygen atoms in total. The van der Waals surface area contributed by atoms with E-state index in [2.05, 4.69) is 241 Å². The van der Waals surface area contributed by atoms with Gasteiger partial charge in [0, 0.05) is 49.7 Å². The molecule has 0 amide bonds. The second-order valence-electron chi connectivity index (χ2n) is 18.3. The first kappa shape index (κ1) is 39.9. The van der Waals surface area contributed by atoms with E-state index in [9.17, 15) is 0 Å². The summed E-state index contributed by atoms with van der Waals surface area (Å²) in [4.78, 5) is 2.35. The third-order valence-corrected chi connectivity index (χ3v) is 14.6. The van der Waals surface area contributed by atoms with E-state index in [0.29, 0.717) is 0 Å². The third kappa shape index (κ3) is 6.15. The van der Waals surface area contributed by atoms with Crippen LogP contribution in [0.4, 0.5) is 17.1 Å². The number of hydrogen-bond donors (Lipinski definition) is 0. The zero-order chi connectivity index (χ0) is 46.2.